The van der Waals surface area contributed by atoms with Gasteiger partial charge in [0, 0.05) is 14.6 Å². The maximum Gasteiger partial charge on any atom is 0.333 e. The summed E-state index contributed by atoms with van der Waals surface area (Å²) in [7, 11) is 1.38. The molecule has 1 N–H and O–H groups in total. The summed E-state index contributed by atoms with van der Waals surface area (Å²) in [5.74, 6) is -0.340. The lowest BCUT2D eigenvalue weighted by Gasteiger charge is -2.20. The average Bonchev–Trinajstić information content (AvgIpc) is 2.47. The van der Waals surface area contributed by atoms with Crippen molar-refractivity contribution in [3.05, 3.63) is 63.0 Å². The molecule has 0 saturated heterocycles. The third kappa shape index (κ3) is 3.41. The van der Waals surface area contributed by atoms with Crippen LogP contribution in [-0.4, -0.2) is 13.1 Å². The molecule has 3 nitrogen and oxygen atoms in total. The fourth-order valence-corrected chi connectivity index (χ4v) is 2.74. The zero-order valence-corrected chi connectivity index (χ0v) is 13.9. The normalized spacial score (nSPS) is 11.8. The summed E-state index contributed by atoms with van der Waals surface area (Å²) >= 11 is 6.93. The lowest BCUT2D eigenvalue weighted by molar-refractivity contribution is -0.141. The van der Waals surface area contributed by atoms with Gasteiger partial charge in [-0.3, -0.25) is 0 Å². The molecule has 0 aromatic heterocycles. The van der Waals surface area contributed by atoms with E-state index >= 15 is 0 Å². The standard InChI is InChI=1S/C15H13Br2NO2/c1-20-15(19)14(10-6-2-3-7-11(10)16)18-13-9-5-4-8-12(13)17/h2-9,14,18H,1H3. The van der Waals surface area contributed by atoms with Crippen molar-refractivity contribution in [2.75, 3.05) is 12.4 Å². The van der Waals surface area contributed by atoms with E-state index in [-0.39, 0.29) is 5.97 Å². The number of nitrogens with one attached hydrogen (secondary N) is 1. The molecular formula is C15H13Br2NO2. The molecular weight excluding hydrogens is 386 g/mol. The Morgan fingerprint density at radius 2 is 1.65 bits per heavy atom. The number of carbonyl (C=O) groups is 1. The van der Waals surface area contributed by atoms with E-state index < -0.39 is 6.04 Å². The Balaban J connectivity index is 2.37. The van der Waals surface area contributed by atoms with E-state index in [1.54, 1.807) is 0 Å². The van der Waals surface area contributed by atoms with Crippen LogP contribution < -0.4 is 5.32 Å². The van der Waals surface area contributed by atoms with Crippen molar-refractivity contribution in [1.82, 2.24) is 0 Å². The van der Waals surface area contributed by atoms with E-state index in [1.807, 2.05) is 48.5 Å². The highest BCUT2D eigenvalue weighted by molar-refractivity contribution is 9.11. The van der Waals surface area contributed by atoms with Crippen LogP contribution >= 0.6 is 31.9 Å². The second-order valence-electron chi connectivity index (χ2n) is 4.10. The summed E-state index contributed by atoms with van der Waals surface area (Å²) in [5, 5.41) is 3.20. The van der Waals surface area contributed by atoms with E-state index in [1.165, 1.54) is 7.11 Å². The van der Waals surface area contributed by atoms with E-state index in [4.69, 9.17) is 4.74 Å². The summed E-state index contributed by atoms with van der Waals surface area (Å²) in [6.45, 7) is 0. The minimum atomic E-state index is -0.575. The number of methoxy groups -OCH3 is 1. The molecule has 0 aliphatic carbocycles. The predicted molar refractivity (Wildman–Crippen MR) is 86.7 cm³/mol. The molecule has 20 heavy (non-hydrogen) atoms. The van der Waals surface area contributed by atoms with Crippen molar-refractivity contribution in [3.63, 3.8) is 0 Å². The highest BCUT2D eigenvalue weighted by atomic mass is 79.9. The smallest absolute Gasteiger partial charge is 0.333 e. The van der Waals surface area contributed by atoms with Gasteiger partial charge in [-0.2, -0.15) is 0 Å². The maximum atomic E-state index is 12.1. The number of rotatable bonds is 4. The van der Waals surface area contributed by atoms with Crippen LogP contribution in [0.1, 0.15) is 11.6 Å². The highest BCUT2D eigenvalue weighted by Crippen LogP contribution is 2.30. The van der Waals surface area contributed by atoms with Crippen molar-refractivity contribution in [2.24, 2.45) is 0 Å². The molecule has 1 atom stereocenters. The fourth-order valence-electron chi connectivity index (χ4n) is 1.82. The molecule has 0 aliphatic rings. The van der Waals surface area contributed by atoms with E-state index in [0.717, 1.165) is 20.2 Å². The first-order valence-electron chi connectivity index (χ1n) is 5.97. The molecule has 0 bridgehead atoms. The fraction of sp³-hybridized carbons (Fsp3) is 0.133. The van der Waals surface area contributed by atoms with E-state index in [9.17, 15) is 4.79 Å². The quantitative estimate of drug-likeness (QED) is 0.768. The lowest BCUT2D eigenvalue weighted by atomic mass is 10.1. The molecule has 2 aromatic rings. The van der Waals surface area contributed by atoms with Crippen molar-refractivity contribution >= 4 is 43.5 Å². The second kappa shape index (κ2) is 6.90. The van der Waals surface area contributed by atoms with Crippen LogP contribution in [0.2, 0.25) is 0 Å². The van der Waals surface area contributed by atoms with Crippen molar-refractivity contribution < 1.29 is 9.53 Å². The zero-order chi connectivity index (χ0) is 14.5. The van der Waals surface area contributed by atoms with Gasteiger partial charge in [0.25, 0.3) is 0 Å². The van der Waals surface area contributed by atoms with E-state index in [2.05, 4.69) is 37.2 Å². The number of benzene rings is 2. The van der Waals surface area contributed by atoms with E-state index in [0.29, 0.717) is 0 Å². The Bertz CT molecular complexity index is 616. The van der Waals surface area contributed by atoms with Crippen LogP contribution in [0, 0.1) is 0 Å². The molecule has 0 saturated carbocycles. The van der Waals surface area contributed by atoms with Gasteiger partial charge >= 0.3 is 5.97 Å². The summed E-state index contributed by atoms with van der Waals surface area (Å²) in [6.07, 6.45) is 0. The first kappa shape index (κ1) is 15.1. The molecule has 2 aromatic carbocycles. The number of carbonyl (C=O) groups excluding carboxylic acids is 1. The Morgan fingerprint density at radius 1 is 1.05 bits per heavy atom. The van der Waals surface area contributed by atoms with Crippen molar-refractivity contribution in [2.45, 2.75) is 6.04 Å². The molecule has 0 radical (unpaired) electrons. The third-order valence-corrected chi connectivity index (χ3v) is 4.24. The topological polar surface area (TPSA) is 38.3 Å². The van der Waals surface area contributed by atoms with Gasteiger partial charge in [-0.1, -0.05) is 46.3 Å². The first-order valence-corrected chi connectivity index (χ1v) is 7.55. The lowest BCUT2D eigenvalue weighted by Crippen LogP contribution is -2.22. The number of esters is 1. The van der Waals surface area contributed by atoms with Gasteiger partial charge in [-0.25, -0.2) is 4.79 Å². The zero-order valence-electron chi connectivity index (χ0n) is 10.8. The van der Waals surface area contributed by atoms with Gasteiger partial charge in [0.2, 0.25) is 0 Å². The molecule has 1 unspecified atom stereocenters. The molecule has 0 spiro atoms. The van der Waals surface area contributed by atoms with Gasteiger partial charge in [0.05, 0.1) is 7.11 Å². The number of para-hydroxylation sites is 1. The van der Waals surface area contributed by atoms with Gasteiger partial charge in [-0.15, -0.1) is 0 Å². The molecule has 5 heteroatoms. The van der Waals surface area contributed by atoms with Crippen LogP contribution in [0.15, 0.2) is 57.5 Å². The Morgan fingerprint density at radius 3 is 2.25 bits per heavy atom. The molecule has 2 rings (SSSR count). The maximum absolute atomic E-state index is 12.1. The minimum Gasteiger partial charge on any atom is -0.467 e. The largest absolute Gasteiger partial charge is 0.467 e. The Hall–Kier alpha value is -1.33. The van der Waals surface area contributed by atoms with Gasteiger partial charge < -0.3 is 10.1 Å². The monoisotopic (exact) mass is 397 g/mol. The average molecular weight is 399 g/mol. The second-order valence-corrected chi connectivity index (χ2v) is 5.81. The summed E-state index contributed by atoms with van der Waals surface area (Å²) in [6, 6.07) is 14.6. The highest BCUT2D eigenvalue weighted by Gasteiger charge is 2.23. The summed E-state index contributed by atoms with van der Waals surface area (Å²) < 4.78 is 6.64. The van der Waals surface area contributed by atoms with Crippen LogP contribution in [0.25, 0.3) is 0 Å². The molecule has 104 valence electrons. The van der Waals surface area contributed by atoms with Crippen LogP contribution in [0.5, 0.6) is 0 Å². The first-order chi connectivity index (χ1) is 9.63. The van der Waals surface area contributed by atoms with Crippen LogP contribution in [0.4, 0.5) is 5.69 Å². The predicted octanol–water partition coefficient (Wildman–Crippen LogP) is 4.54. The van der Waals surface area contributed by atoms with Crippen molar-refractivity contribution in [3.8, 4) is 0 Å². The minimum absolute atomic E-state index is 0.340. The summed E-state index contributed by atoms with van der Waals surface area (Å²) in [5.41, 5.74) is 1.66. The summed E-state index contributed by atoms with van der Waals surface area (Å²) in [4.78, 5) is 12.1. The van der Waals surface area contributed by atoms with Gasteiger partial charge in [0.15, 0.2) is 6.04 Å². The SMILES string of the molecule is COC(=O)C(Nc1ccccc1Br)c1ccccc1Br. The number of halogens is 2. The number of hydrogen-bond acceptors (Lipinski definition) is 3. The molecule has 0 amide bonds. The molecule has 0 aliphatic heterocycles. The number of anilines is 1. The third-order valence-electron chi connectivity index (χ3n) is 2.83. The van der Waals surface area contributed by atoms with Crippen LogP contribution in [-0.2, 0) is 9.53 Å². The molecule has 0 fully saturated rings. The molecule has 0 heterocycles. The van der Waals surface area contributed by atoms with Gasteiger partial charge in [0.1, 0.15) is 0 Å². The Labute approximate surface area is 134 Å². The van der Waals surface area contributed by atoms with Crippen molar-refractivity contribution in [1.29, 1.82) is 0 Å². The van der Waals surface area contributed by atoms with Gasteiger partial charge in [-0.05, 0) is 39.7 Å². The van der Waals surface area contributed by atoms with Crippen LogP contribution in [0.3, 0.4) is 0 Å². The number of hydrogen-bond donors (Lipinski definition) is 1. The Kier molecular flexibility index (Phi) is 5.20. The number of ether oxygens (including phenoxy) is 1.